The van der Waals surface area contributed by atoms with E-state index in [4.69, 9.17) is 10.5 Å². The first-order valence-corrected chi connectivity index (χ1v) is 6.24. The van der Waals surface area contributed by atoms with E-state index in [1.54, 1.807) is 12.3 Å². The van der Waals surface area contributed by atoms with E-state index >= 15 is 0 Å². The topological polar surface area (TPSA) is 77.2 Å². The number of nitrogens with one attached hydrogen (secondary N) is 1. The molecule has 2 rings (SSSR count). The summed E-state index contributed by atoms with van der Waals surface area (Å²) in [6.45, 7) is 3.87. The van der Waals surface area contributed by atoms with Crippen molar-refractivity contribution in [1.29, 1.82) is 0 Å². The van der Waals surface area contributed by atoms with Crippen LogP contribution in [0.4, 0.5) is 5.82 Å². The molecule has 5 nitrogen and oxygen atoms in total. The maximum absolute atomic E-state index is 12.0. The Morgan fingerprint density at radius 3 is 3.00 bits per heavy atom. The van der Waals surface area contributed by atoms with E-state index in [0.717, 1.165) is 31.5 Å². The van der Waals surface area contributed by atoms with Gasteiger partial charge in [-0.2, -0.15) is 0 Å². The minimum absolute atomic E-state index is 0.0833. The smallest absolute Gasteiger partial charge is 0.192 e. The molecule has 0 radical (unpaired) electrons. The zero-order valence-electron chi connectivity index (χ0n) is 10.6. The first kappa shape index (κ1) is 13.0. The summed E-state index contributed by atoms with van der Waals surface area (Å²) in [7, 11) is 0. The van der Waals surface area contributed by atoms with Crippen molar-refractivity contribution in [1.82, 2.24) is 10.3 Å². The number of ketones is 1. The molecule has 98 valence electrons. The van der Waals surface area contributed by atoms with E-state index in [1.165, 1.54) is 0 Å². The molecular formula is C13H19N3O2. The highest BCUT2D eigenvalue weighted by molar-refractivity contribution is 6.01. The number of hydrogen-bond donors (Lipinski definition) is 2. The summed E-state index contributed by atoms with van der Waals surface area (Å²) < 4.78 is 5.62. The third-order valence-corrected chi connectivity index (χ3v) is 3.09. The molecule has 0 unspecified atom stereocenters. The van der Waals surface area contributed by atoms with Crippen LogP contribution in [0.25, 0.3) is 0 Å². The fraction of sp³-hybridized carbons (Fsp3) is 0.538. The molecule has 1 aliphatic rings. The van der Waals surface area contributed by atoms with Crippen LogP contribution in [0.2, 0.25) is 0 Å². The van der Waals surface area contributed by atoms with Crippen LogP contribution in [-0.2, 0) is 4.74 Å². The minimum Gasteiger partial charge on any atom is -0.383 e. The van der Waals surface area contributed by atoms with Gasteiger partial charge in [-0.15, -0.1) is 0 Å². The van der Waals surface area contributed by atoms with Crippen molar-refractivity contribution in [3.63, 3.8) is 0 Å². The van der Waals surface area contributed by atoms with Gasteiger partial charge in [-0.3, -0.25) is 4.79 Å². The number of carbonyl (C=O) groups excluding carboxylic acids is 1. The van der Waals surface area contributed by atoms with E-state index in [-0.39, 0.29) is 24.3 Å². The van der Waals surface area contributed by atoms with Crippen molar-refractivity contribution in [2.75, 3.05) is 25.4 Å². The second-order valence-corrected chi connectivity index (χ2v) is 4.63. The number of carbonyl (C=O) groups is 1. The van der Waals surface area contributed by atoms with Gasteiger partial charge in [0.15, 0.2) is 5.78 Å². The third kappa shape index (κ3) is 3.27. The van der Waals surface area contributed by atoms with Crippen molar-refractivity contribution < 1.29 is 9.53 Å². The fourth-order valence-electron chi connectivity index (χ4n) is 2.04. The van der Waals surface area contributed by atoms with Gasteiger partial charge in [-0.25, -0.2) is 4.98 Å². The molecule has 3 N–H and O–H groups in total. The second kappa shape index (κ2) is 5.93. The fourth-order valence-corrected chi connectivity index (χ4v) is 2.04. The summed E-state index contributed by atoms with van der Waals surface area (Å²) in [5, 5.41) is 3.26. The van der Waals surface area contributed by atoms with Crippen LogP contribution in [-0.4, -0.2) is 36.6 Å². The largest absolute Gasteiger partial charge is 0.383 e. The van der Waals surface area contributed by atoms with E-state index in [9.17, 15) is 4.79 Å². The number of pyridine rings is 1. The standard InChI is InChI=1S/C13H19N3O2/c1-9-6-11(13(14)16-7-9)12(17)8-18-10-2-4-15-5-3-10/h6-7,10,15H,2-5,8H2,1H3,(H2,14,16). The van der Waals surface area contributed by atoms with Crippen molar-refractivity contribution in [3.05, 3.63) is 23.4 Å². The number of nitrogen functional groups attached to an aromatic ring is 1. The Kier molecular flexibility index (Phi) is 4.28. The minimum atomic E-state index is -0.0952. The van der Waals surface area contributed by atoms with Gasteiger partial charge in [0.2, 0.25) is 0 Å². The highest BCUT2D eigenvalue weighted by atomic mass is 16.5. The molecule has 5 heteroatoms. The summed E-state index contributed by atoms with van der Waals surface area (Å²) >= 11 is 0. The van der Waals surface area contributed by atoms with Crippen molar-refractivity contribution >= 4 is 11.6 Å². The van der Waals surface area contributed by atoms with E-state index in [1.807, 2.05) is 6.92 Å². The molecule has 0 spiro atoms. The predicted molar refractivity (Wildman–Crippen MR) is 69.6 cm³/mol. The molecule has 18 heavy (non-hydrogen) atoms. The van der Waals surface area contributed by atoms with Gasteiger partial charge in [0, 0.05) is 6.20 Å². The Balaban J connectivity index is 1.92. The highest BCUT2D eigenvalue weighted by Crippen LogP contribution is 2.13. The number of anilines is 1. The molecule has 1 aromatic heterocycles. The Morgan fingerprint density at radius 2 is 2.28 bits per heavy atom. The van der Waals surface area contributed by atoms with Crippen molar-refractivity contribution in [3.8, 4) is 0 Å². The molecular weight excluding hydrogens is 230 g/mol. The summed E-state index contributed by atoms with van der Waals surface area (Å²) in [6.07, 6.45) is 3.73. The van der Waals surface area contributed by atoms with Gasteiger partial charge in [-0.05, 0) is 44.5 Å². The second-order valence-electron chi connectivity index (χ2n) is 4.63. The molecule has 0 amide bonds. The van der Waals surface area contributed by atoms with Gasteiger partial charge in [0.1, 0.15) is 12.4 Å². The first-order valence-electron chi connectivity index (χ1n) is 6.24. The molecule has 1 aliphatic heterocycles. The van der Waals surface area contributed by atoms with Gasteiger partial charge in [0.25, 0.3) is 0 Å². The molecule has 0 atom stereocenters. The molecule has 1 saturated heterocycles. The van der Waals surface area contributed by atoms with Crippen molar-refractivity contribution in [2.45, 2.75) is 25.9 Å². The molecule has 1 fully saturated rings. The number of nitrogens with zero attached hydrogens (tertiary/aromatic N) is 1. The van der Waals surface area contributed by atoms with E-state index < -0.39 is 0 Å². The van der Waals surface area contributed by atoms with Crippen LogP contribution in [0, 0.1) is 6.92 Å². The van der Waals surface area contributed by atoms with Crippen molar-refractivity contribution in [2.24, 2.45) is 0 Å². The molecule has 0 aliphatic carbocycles. The van der Waals surface area contributed by atoms with Crippen LogP contribution in [0.3, 0.4) is 0 Å². The summed E-state index contributed by atoms with van der Waals surface area (Å²) in [6, 6.07) is 1.76. The monoisotopic (exact) mass is 249 g/mol. The number of Topliss-reactive ketones (excluding diaryl/α,β-unsaturated/α-hetero) is 1. The molecule has 0 bridgehead atoms. The number of ether oxygens (including phenoxy) is 1. The Hall–Kier alpha value is -1.46. The lowest BCUT2D eigenvalue weighted by Gasteiger charge is -2.22. The Morgan fingerprint density at radius 1 is 1.56 bits per heavy atom. The van der Waals surface area contributed by atoms with Crippen LogP contribution in [0.1, 0.15) is 28.8 Å². The van der Waals surface area contributed by atoms with E-state index in [0.29, 0.717) is 5.56 Å². The number of piperidine rings is 1. The lowest BCUT2D eigenvalue weighted by Crippen LogP contribution is -2.33. The summed E-state index contributed by atoms with van der Waals surface area (Å²) in [4.78, 5) is 16.0. The summed E-state index contributed by atoms with van der Waals surface area (Å²) in [5.41, 5.74) is 7.09. The van der Waals surface area contributed by atoms with Crippen LogP contribution >= 0.6 is 0 Å². The lowest BCUT2D eigenvalue weighted by atomic mass is 10.1. The average molecular weight is 249 g/mol. The van der Waals surface area contributed by atoms with Gasteiger partial charge >= 0.3 is 0 Å². The maximum Gasteiger partial charge on any atom is 0.192 e. The number of aromatic nitrogens is 1. The molecule has 0 saturated carbocycles. The Labute approximate surface area is 107 Å². The number of aryl methyl sites for hydroxylation is 1. The van der Waals surface area contributed by atoms with E-state index in [2.05, 4.69) is 10.3 Å². The zero-order chi connectivity index (χ0) is 13.0. The number of hydrogen-bond acceptors (Lipinski definition) is 5. The maximum atomic E-state index is 12.0. The SMILES string of the molecule is Cc1cnc(N)c(C(=O)COC2CCNCC2)c1. The zero-order valence-corrected chi connectivity index (χ0v) is 10.6. The first-order chi connectivity index (χ1) is 8.66. The third-order valence-electron chi connectivity index (χ3n) is 3.09. The Bertz CT molecular complexity index is 428. The predicted octanol–water partition coefficient (Wildman–Crippen LogP) is 0.924. The lowest BCUT2D eigenvalue weighted by molar-refractivity contribution is 0.0318. The van der Waals surface area contributed by atoms with Crippen LogP contribution in [0.5, 0.6) is 0 Å². The van der Waals surface area contributed by atoms with Gasteiger partial charge in [0.05, 0.1) is 11.7 Å². The summed E-state index contributed by atoms with van der Waals surface area (Å²) in [5.74, 6) is 0.182. The average Bonchev–Trinajstić information content (AvgIpc) is 2.40. The van der Waals surface area contributed by atoms with Gasteiger partial charge < -0.3 is 15.8 Å². The quantitative estimate of drug-likeness (QED) is 0.776. The van der Waals surface area contributed by atoms with Crippen LogP contribution < -0.4 is 11.1 Å². The molecule has 0 aromatic carbocycles. The molecule has 2 heterocycles. The highest BCUT2D eigenvalue weighted by Gasteiger charge is 2.17. The number of nitrogens with two attached hydrogens (primary N) is 1. The van der Waals surface area contributed by atoms with Gasteiger partial charge in [-0.1, -0.05) is 0 Å². The molecule has 1 aromatic rings. The number of rotatable bonds is 4. The normalized spacial score (nSPS) is 16.7. The van der Waals surface area contributed by atoms with Crippen LogP contribution in [0.15, 0.2) is 12.3 Å².